The van der Waals surface area contributed by atoms with Crippen molar-refractivity contribution in [3.05, 3.63) is 48.5 Å². The first-order valence-electron chi connectivity index (χ1n) is 11.9. The third-order valence-electron chi connectivity index (χ3n) is 7.59. The Balaban J connectivity index is 1.25. The first-order valence-corrected chi connectivity index (χ1v) is 12.8. The van der Waals surface area contributed by atoms with Crippen LogP contribution in [0.2, 0.25) is 0 Å². The highest BCUT2D eigenvalue weighted by Gasteiger charge is 2.42. The molecular weight excluding hydrogens is 460 g/mol. The molecule has 2 aliphatic heterocycles. The summed E-state index contributed by atoms with van der Waals surface area (Å²) in [5.74, 6) is 1.33. The summed E-state index contributed by atoms with van der Waals surface area (Å²) < 4.78 is 9.42. The number of rotatable bonds is 3. The number of nitrogen functional groups attached to an aromatic ring is 1. The first kappa shape index (κ1) is 20.6. The van der Waals surface area contributed by atoms with Crippen LogP contribution in [-0.4, -0.2) is 42.6 Å². The zero-order valence-electron chi connectivity index (χ0n) is 19.2. The molecule has 0 aromatic carbocycles. The molecule has 7 rings (SSSR count). The van der Waals surface area contributed by atoms with E-state index in [9.17, 15) is 4.79 Å². The van der Waals surface area contributed by atoms with E-state index in [2.05, 4.69) is 31.1 Å². The number of fused-ring (bicyclic) bond motifs is 4. The fourth-order valence-electron chi connectivity index (χ4n) is 6.03. The van der Waals surface area contributed by atoms with Gasteiger partial charge in [-0.1, -0.05) is 0 Å². The van der Waals surface area contributed by atoms with E-state index in [1.807, 2.05) is 24.5 Å². The third-order valence-corrected chi connectivity index (χ3v) is 8.52. The molecule has 9 heteroatoms. The van der Waals surface area contributed by atoms with Crippen molar-refractivity contribution in [1.82, 2.24) is 24.6 Å². The molecule has 0 aliphatic carbocycles. The summed E-state index contributed by atoms with van der Waals surface area (Å²) >= 11 is 1.64. The van der Waals surface area contributed by atoms with Crippen LogP contribution in [0.3, 0.4) is 0 Å². The van der Waals surface area contributed by atoms with Gasteiger partial charge in [0.1, 0.15) is 5.76 Å². The van der Waals surface area contributed by atoms with Gasteiger partial charge in [-0.05, 0) is 37.8 Å². The number of aromatic nitrogens is 4. The molecule has 0 unspecified atom stereocenters. The number of amides is 1. The second-order valence-electron chi connectivity index (χ2n) is 9.58. The van der Waals surface area contributed by atoms with Crippen LogP contribution in [0, 0.1) is 0 Å². The maximum absolute atomic E-state index is 12.1. The number of pyridine rings is 2. The molecule has 0 radical (unpaired) electrons. The van der Waals surface area contributed by atoms with Crippen molar-refractivity contribution in [2.24, 2.45) is 0 Å². The lowest BCUT2D eigenvalue weighted by atomic mass is 9.97. The molecule has 0 saturated carbocycles. The van der Waals surface area contributed by atoms with Gasteiger partial charge in [-0.3, -0.25) is 14.5 Å². The quantitative estimate of drug-likeness (QED) is 0.374. The summed E-state index contributed by atoms with van der Waals surface area (Å²) in [7, 11) is 0. The Kier molecular flexibility index (Phi) is 4.51. The molecule has 7 heterocycles. The molecule has 176 valence electrons. The maximum atomic E-state index is 12.1. The fraction of sp³-hybridized carbons (Fsp3) is 0.308. The Morgan fingerprint density at radius 3 is 2.74 bits per heavy atom. The monoisotopic (exact) mass is 484 g/mol. The highest BCUT2D eigenvalue weighted by molar-refractivity contribution is 7.17. The van der Waals surface area contributed by atoms with Crippen molar-refractivity contribution in [2.75, 3.05) is 5.73 Å². The normalized spacial score (nSPS) is 21.9. The molecular formula is C26H24N6O2S. The van der Waals surface area contributed by atoms with Gasteiger partial charge in [0.25, 0.3) is 0 Å². The van der Waals surface area contributed by atoms with Crippen molar-refractivity contribution in [3.63, 3.8) is 0 Å². The van der Waals surface area contributed by atoms with Gasteiger partial charge in [-0.25, -0.2) is 4.98 Å². The van der Waals surface area contributed by atoms with Crippen LogP contribution in [-0.2, 0) is 4.79 Å². The highest BCUT2D eigenvalue weighted by atomic mass is 32.1. The number of nitrogens with zero attached hydrogens (tertiary/aromatic N) is 5. The molecule has 5 aromatic rings. The Morgan fingerprint density at radius 1 is 1.11 bits per heavy atom. The van der Waals surface area contributed by atoms with E-state index in [4.69, 9.17) is 15.2 Å². The molecule has 2 fully saturated rings. The van der Waals surface area contributed by atoms with Crippen LogP contribution in [0.15, 0.2) is 52.9 Å². The topological polar surface area (TPSA) is 103 Å². The first-order chi connectivity index (χ1) is 17.1. The summed E-state index contributed by atoms with van der Waals surface area (Å²) in [5.41, 5.74) is 9.76. The lowest BCUT2D eigenvalue weighted by Crippen LogP contribution is -2.45. The number of anilines is 1. The number of hydrogen-bond donors (Lipinski definition) is 1. The minimum atomic E-state index is 0.192. The van der Waals surface area contributed by atoms with Gasteiger partial charge in [0.2, 0.25) is 5.91 Å². The molecule has 2 saturated heterocycles. The maximum Gasteiger partial charge on any atom is 0.219 e. The Labute approximate surface area is 205 Å². The molecule has 2 bridgehead atoms. The average molecular weight is 485 g/mol. The SMILES string of the molecule is CC(=O)N1[C@@H]2CC[C@H]1C[C@H](n1cc(-c3cnc(N)c4oc(-c5csc6cnccc56)cc34)cn1)C2. The molecule has 35 heavy (non-hydrogen) atoms. The van der Waals surface area contributed by atoms with Crippen molar-refractivity contribution in [3.8, 4) is 22.5 Å². The summed E-state index contributed by atoms with van der Waals surface area (Å²) in [6.45, 7) is 1.69. The zero-order chi connectivity index (χ0) is 23.7. The molecule has 3 atom stereocenters. The van der Waals surface area contributed by atoms with Crippen molar-refractivity contribution < 1.29 is 9.21 Å². The number of hydrogen-bond acceptors (Lipinski definition) is 7. The Bertz CT molecular complexity index is 1590. The number of nitrogens with two attached hydrogens (primary N) is 1. The average Bonchev–Trinajstić information content (AvgIpc) is 3.63. The summed E-state index contributed by atoms with van der Waals surface area (Å²) in [6.07, 6.45) is 13.5. The largest absolute Gasteiger partial charge is 0.452 e. The second kappa shape index (κ2) is 7.64. The second-order valence-corrected chi connectivity index (χ2v) is 10.5. The number of carbonyl (C=O) groups excluding carboxylic acids is 1. The van der Waals surface area contributed by atoms with E-state index in [-0.39, 0.29) is 5.91 Å². The smallest absolute Gasteiger partial charge is 0.219 e. The lowest BCUT2D eigenvalue weighted by molar-refractivity contribution is -0.133. The minimum Gasteiger partial charge on any atom is -0.452 e. The number of furan rings is 1. The fourth-order valence-corrected chi connectivity index (χ4v) is 6.95. The summed E-state index contributed by atoms with van der Waals surface area (Å²) in [6, 6.07) is 4.99. The van der Waals surface area contributed by atoms with Crippen LogP contribution in [0.5, 0.6) is 0 Å². The predicted octanol–water partition coefficient (Wildman–Crippen LogP) is 5.26. The van der Waals surface area contributed by atoms with E-state index >= 15 is 0 Å². The molecule has 8 nitrogen and oxygen atoms in total. The van der Waals surface area contributed by atoms with Gasteiger partial charge in [0, 0.05) is 76.6 Å². The predicted molar refractivity (Wildman–Crippen MR) is 136 cm³/mol. The van der Waals surface area contributed by atoms with Gasteiger partial charge in [0.05, 0.1) is 16.9 Å². The number of carbonyl (C=O) groups is 1. The van der Waals surface area contributed by atoms with Crippen molar-refractivity contribution in [1.29, 1.82) is 0 Å². The van der Waals surface area contributed by atoms with Crippen LogP contribution < -0.4 is 5.73 Å². The number of piperidine rings is 1. The van der Waals surface area contributed by atoms with E-state index in [1.54, 1.807) is 30.7 Å². The standard InChI is InChI=1S/C26H24N6O2S/c1-14(33)32-16-2-3-17(32)7-18(6-16)31-12-15(9-30-31)21-10-29-26(27)25-20(21)8-23(34-25)22-13-35-24-11-28-5-4-19(22)24/h4-5,8-13,16-18H,2-3,6-7H2,1H3,(H2,27,29)/t16-,17+,18-. The highest BCUT2D eigenvalue weighted by Crippen LogP contribution is 2.43. The molecule has 0 spiro atoms. The van der Waals surface area contributed by atoms with E-state index in [0.29, 0.717) is 29.5 Å². The van der Waals surface area contributed by atoms with Gasteiger partial charge >= 0.3 is 0 Å². The van der Waals surface area contributed by atoms with Crippen LogP contribution >= 0.6 is 11.3 Å². The van der Waals surface area contributed by atoms with Gasteiger partial charge < -0.3 is 15.1 Å². The third kappa shape index (κ3) is 3.18. The summed E-state index contributed by atoms with van der Waals surface area (Å²) in [5, 5.41) is 8.85. The summed E-state index contributed by atoms with van der Waals surface area (Å²) in [4.78, 5) is 22.8. The van der Waals surface area contributed by atoms with Crippen LogP contribution in [0.25, 0.3) is 43.5 Å². The lowest BCUT2D eigenvalue weighted by Gasteiger charge is -2.38. The van der Waals surface area contributed by atoms with E-state index in [0.717, 1.165) is 63.6 Å². The molecule has 2 aliphatic rings. The number of thiophene rings is 1. The minimum absolute atomic E-state index is 0.192. The zero-order valence-corrected chi connectivity index (χ0v) is 20.0. The van der Waals surface area contributed by atoms with E-state index < -0.39 is 0 Å². The van der Waals surface area contributed by atoms with Gasteiger partial charge in [0.15, 0.2) is 11.4 Å². The van der Waals surface area contributed by atoms with Crippen molar-refractivity contribution in [2.45, 2.75) is 50.7 Å². The Hall–Kier alpha value is -3.72. The van der Waals surface area contributed by atoms with Gasteiger partial charge in [-0.2, -0.15) is 5.10 Å². The molecule has 1 amide bonds. The van der Waals surface area contributed by atoms with Crippen LogP contribution in [0.4, 0.5) is 5.82 Å². The van der Waals surface area contributed by atoms with Crippen LogP contribution in [0.1, 0.15) is 38.6 Å². The van der Waals surface area contributed by atoms with E-state index in [1.165, 1.54) is 0 Å². The Morgan fingerprint density at radius 2 is 1.94 bits per heavy atom. The van der Waals surface area contributed by atoms with Crippen molar-refractivity contribution >= 4 is 44.1 Å². The molecule has 2 N–H and O–H groups in total. The van der Waals surface area contributed by atoms with Gasteiger partial charge in [-0.15, -0.1) is 11.3 Å². The molecule has 5 aromatic heterocycles.